The minimum absolute atomic E-state index is 0.662. The molecule has 4 heteroatoms. The zero-order chi connectivity index (χ0) is 12.4. The van der Waals surface area contributed by atoms with Crippen LogP contribution in [-0.4, -0.2) is 0 Å². The lowest BCUT2D eigenvalue weighted by atomic mass is 10.2. The van der Waals surface area contributed by atoms with Crippen molar-refractivity contribution in [3.63, 3.8) is 0 Å². The first kappa shape index (κ1) is 12.3. The SMILES string of the molecule is Cc1cc(CNc2ccc(N)cc2Cl)sc1C. The Kier molecular flexibility index (Phi) is 3.60. The van der Waals surface area contributed by atoms with E-state index in [1.807, 2.05) is 23.5 Å². The lowest BCUT2D eigenvalue weighted by molar-refractivity contribution is 1.19. The summed E-state index contributed by atoms with van der Waals surface area (Å²) in [6.07, 6.45) is 0. The van der Waals surface area contributed by atoms with E-state index in [0.29, 0.717) is 10.7 Å². The maximum Gasteiger partial charge on any atom is 0.0658 e. The second-order valence-electron chi connectivity index (χ2n) is 4.04. The van der Waals surface area contributed by atoms with Crippen molar-refractivity contribution < 1.29 is 0 Å². The first-order valence-electron chi connectivity index (χ1n) is 5.41. The lowest BCUT2D eigenvalue weighted by Gasteiger charge is -2.07. The summed E-state index contributed by atoms with van der Waals surface area (Å²) in [5.74, 6) is 0. The van der Waals surface area contributed by atoms with Crippen LogP contribution in [0.25, 0.3) is 0 Å². The van der Waals surface area contributed by atoms with E-state index in [4.69, 9.17) is 17.3 Å². The third kappa shape index (κ3) is 2.93. The first-order chi connectivity index (χ1) is 8.06. The second-order valence-corrected chi connectivity index (χ2v) is 5.79. The van der Waals surface area contributed by atoms with Crippen LogP contribution >= 0.6 is 22.9 Å². The smallest absolute Gasteiger partial charge is 0.0658 e. The van der Waals surface area contributed by atoms with Crippen LogP contribution in [0, 0.1) is 13.8 Å². The van der Waals surface area contributed by atoms with Gasteiger partial charge in [0.05, 0.1) is 10.7 Å². The van der Waals surface area contributed by atoms with Crippen LogP contribution in [0.15, 0.2) is 24.3 Å². The highest BCUT2D eigenvalue weighted by Gasteiger charge is 2.03. The zero-order valence-electron chi connectivity index (χ0n) is 9.88. The molecule has 0 unspecified atom stereocenters. The Morgan fingerprint density at radius 1 is 1.29 bits per heavy atom. The molecule has 0 saturated heterocycles. The molecule has 0 aliphatic heterocycles. The van der Waals surface area contributed by atoms with Crippen molar-refractivity contribution in [2.75, 3.05) is 11.1 Å². The van der Waals surface area contributed by atoms with Gasteiger partial charge in [-0.05, 0) is 43.7 Å². The van der Waals surface area contributed by atoms with Gasteiger partial charge in [-0.25, -0.2) is 0 Å². The Bertz CT molecular complexity index is 515. The van der Waals surface area contributed by atoms with Gasteiger partial charge >= 0.3 is 0 Å². The Morgan fingerprint density at radius 3 is 2.65 bits per heavy atom. The monoisotopic (exact) mass is 266 g/mol. The quantitative estimate of drug-likeness (QED) is 0.817. The third-order valence-electron chi connectivity index (χ3n) is 2.66. The highest BCUT2D eigenvalue weighted by atomic mass is 35.5. The average Bonchev–Trinajstić information content (AvgIpc) is 2.57. The summed E-state index contributed by atoms with van der Waals surface area (Å²) in [5, 5.41) is 3.98. The molecule has 3 N–H and O–H groups in total. The second kappa shape index (κ2) is 4.98. The van der Waals surface area contributed by atoms with Gasteiger partial charge in [0.1, 0.15) is 0 Å². The van der Waals surface area contributed by atoms with Crippen LogP contribution in [-0.2, 0) is 6.54 Å². The van der Waals surface area contributed by atoms with Gasteiger partial charge in [0.15, 0.2) is 0 Å². The number of thiophene rings is 1. The van der Waals surface area contributed by atoms with Gasteiger partial charge < -0.3 is 11.1 Å². The summed E-state index contributed by atoms with van der Waals surface area (Å²) in [6.45, 7) is 5.06. The molecule has 0 aliphatic carbocycles. The van der Waals surface area contributed by atoms with E-state index < -0.39 is 0 Å². The van der Waals surface area contributed by atoms with Gasteiger partial charge in [-0.15, -0.1) is 11.3 Å². The maximum atomic E-state index is 6.09. The van der Waals surface area contributed by atoms with E-state index in [0.717, 1.165) is 12.2 Å². The van der Waals surface area contributed by atoms with Gasteiger partial charge in [-0.3, -0.25) is 0 Å². The Labute approximate surface area is 110 Å². The number of hydrogen-bond acceptors (Lipinski definition) is 3. The fraction of sp³-hybridized carbons (Fsp3) is 0.231. The molecule has 17 heavy (non-hydrogen) atoms. The van der Waals surface area contributed by atoms with Crippen molar-refractivity contribution in [1.82, 2.24) is 0 Å². The summed E-state index contributed by atoms with van der Waals surface area (Å²) in [4.78, 5) is 2.68. The fourth-order valence-corrected chi connectivity index (χ4v) is 2.84. The summed E-state index contributed by atoms with van der Waals surface area (Å²) in [6, 6.07) is 7.72. The number of rotatable bonds is 3. The minimum atomic E-state index is 0.662. The Morgan fingerprint density at radius 2 is 2.06 bits per heavy atom. The van der Waals surface area contributed by atoms with Crippen molar-refractivity contribution in [3.05, 3.63) is 44.6 Å². The molecule has 1 heterocycles. The largest absolute Gasteiger partial charge is 0.399 e. The molecule has 0 atom stereocenters. The van der Waals surface area contributed by atoms with Crippen molar-refractivity contribution in [3.8, 4) is 0 Å². The number of nitrogen functional groups attached to an aromatic ring is 1. The van der Waals surface area contributed by atoms with E-state index in [2.05, 4.69) is 25.2 Å². The van der Waals surface area contributed by atoms with Crippen LogP contribution in [0.5, 0.6) is 0 Å². The van der Waals surface area contributed by atoms with Crippen molar-refractivity contribution in [2.45, 2.75) is 20.4 Å². The number of nitrogens with one attached hydrogen (secondary N) is 1. The molecule has 0 aliphatic rings. The fourth-order valence-electron chi connectivity index (χ4n) is 1.59. The predicted molar refractivity (Wildman–Crippen MR) is 77.0 cm³/mol. The molecule has 2 nitrogen and oxygen atoms in total. The standard InChI is InChI=1S/C13H15ClN2S/c1-8-5-11(17-9(8)2)7-16-13-4-3-10(15)6-12(13)14/h3-6,16H,7,15H2,1-2H3. The van der Waals surface area contributed by atoms with Crippen LogP contribution in [0.1, 0.15) is 15.3 Å². The maximum absolute atomic E-state index is 6.09. The van der Waals surface area contributed by atoms with Crippen molar-refractivity contribution in [1.29, 1.82) is 0 Å². The van der Waals surface area contributed by atoms with Gasteiger partial charge in [0.25, 0.3) is 0 Å². The molecule has 0 amide bonds. The molecule has 2 rings (SSSR count). The molecule has 0 spiro atoms. The zero-order valence-corrected chi connectivity index (χ0v) is 11.5. The number of benzene rings is 1. The van der Waals surface area contributed by atoms with Gasteiger partial charge in [-0.1, -0.05) is 11.6 Å². The van der Waals surface area contributed by atoms with Gasteiger partial charge in [-0.2, -0.15) is 0 Å². The van der Waals surface area contributed by atoms with Crippen molar-refractivity contribution >= 4 is 34.3 Å². The number of anilines is 2. The summed E-state index contributed by atoms with van der Waals surface area (Å²) >= 11 is 7.91. The summed E-state index contributed by atoms with van der Waals surface area (Å²) in [5.41, 5.74) is 8.60. The Balaban J connectivity index is 2.07. The van der Waals surface area contributed by atoms with E-state index in [1.54, 1.807) is 6.07 Å². The first-order valence-corrected chi connectivity index (χ1v) is 6.60. The summed E-state index contributed by atoms with van der Waals surface area (Å²) in [7, 11) is 0. The highest BCUT2D eigenvalue weighted by molar-refractivity contribution is 7.12. The molecular formula is C13H15ClN2S. The Hall–Kier alpha value is -1.19. The predicted octanol–water partition coefficient (Wildman–Crippen LogP) is 4.21. The molecule has 1 aromatic carbocycles. The molecule has 0 bridgehead atoms. The number of halogens is 1. The molecule has 90 valence electrons. The third-order valence-corrected chi connectivity index (χ3v) is 4.13. The van der Waals surface area contributed by atoms with E-state index in [-0.39, 0.29) is 0 Å². The van der Waals surface area contributed by atoms with Crippen LogP contribution < -0.4 is 11.1 Å². The number of aryl methyl sites for hydroxylation is 2. The highest BCUT2D eigenvalue weighted by Crippen LogP contribution is 2.26. The normalized spacial score (nSPS) is 10.5. The molecule has 0 fully saturated rings. The molecule has 1 aromatic heterocycles. The minimum Gasteiger partial charge on any atom is -0.399 e. The topological polar surface area (TPSA) is 38.0 Å². The lowest BCUT2D eigenvalue weighted by Crippen LogP contribution is -1.98. The van der Waals surface area contributed by atoms with Crippen LogP contribution in [0.2, 0.25) is 5.02 Å². The van der Waals surface area contributed by atoms with E-state index in [9.17, 15) is 0 Å². The van der Waals surface area contributed by atoms with E-state index >= 15 is 0 Å². The molecule has 0 radical (unpaired) electrons. The van der Waals surface area contributed by atoms with Crippen LogP contribution in [0.3, 0.4) is 0 Å². The summed E-state index contributed by atoms with van der Waals surface area (Å²) < 4.78 is 0. The van der Waals surface area contributed by atoms with Crippen LogP contribution in [0.4, 0.5) is 11.4 Å². The molecule has 0 saturated carbocycles. The molecular weight excluding hydrogens is 252 g/mol. The van der Waals surface area contributed by atoms with Gasteiger partial charge in [0, 0.05) is 22.0 Å². The van der Waals surface area contributed by atoms with E-state index in [1.165, 1.54) is 15.3 Å². The number of hydrogen-bond donors (Lipinski definition) is 2. The van der Waals surface area contributed by atoms with Crippen molar-refractivity contribution in [2.24, 2.45) is 0 Å². The molecule has 2 aromatic rings. The number of nitrogens with two attached hydrogens (primary N) is 1. The average molecular weight is 267 g/mol. The van der Waals surface area contributed by atoms with Gasteiger partial charge in [0.2, 0.25) is 0 Å².